The van der Waals surface area contributed by atoms with Gasteiger partial charge in [0, 0.05) is 12.1 Å². The molecule has 0 saturated heterocycles. The molecule has 0 saturated carbocycles. The van der Waals surface area contributed by atoms with Crippen LogP contribution in [0.4, 0.5) is 5.69 Å². The van der Waals surface area contributed by atoms with Gasteiger partial charge in [0.2, 0.25) is 0 Å². The molecule has 1 aromatic carbocycles. The SMILES string of the molecule is CCCc1nc2cc(N)ccc2n1Cc1ccco1. The summed E-state index contributed by atoms with van der Waals surface area (Å²) in [5.41, 5.74) is 8.63. The third kappa shape index (κ3) is 2.21. The Hall–Kier alpha value is -2.23. The molecule has 0 bridgehead atoms. The lowest BCUT2D eigenvalue weighted by Gasteiger charge is -2.06. The Morgan fingerprint density at radius 1 is 1.32 bits per heavy atom. The Bertz CT molecular complexity index is 683. The molecule has 98 valence electrons. The molecule has 0 aliphatic rings. The molecule has 2 aromatic heterocycles. The van der Waals surface area contributed by atoms with Crippen LogP contribution in [0.3, 0.4) is 0 Å². The normalized spacial score (nSPS) is 11.2. The van der Waals surface area contributed by atoms with Gasteiger partial charge >= 0.3 is 0 Å². The number of nitrogens with zero attached hydrogens (tertiary/aromatic N) is 2. The van der Waals surface area contributed by atoms with Crippen molar-refractivity contribution in [1.29, 1.82) is 0 Å². The number of fused-ring (bicyclic) bond motifs is 1. The second-order valence-electron chi connectivity index (χ2n) is 4.69. The lowest BCUT2D eigenvalue weighted by molar-refractivity contribution is 0.491. The molecule has 2 N–H and O–H groups in total. The minimum Gasteiger partial charge on any atom is -0.467 e. The minimum absolute atomic E-state index is 0.711. The van der Waals surface area contributed by atoms with Crippen molar-refractivity contribution < 1.29 is 4.42 Å². The van der Waals surface area contributed by atoms with Crippen LogP contribution < -0.4 is 5.73 Å². The first-order valence-corrected chi connectivity index (χ1v) is 6.55. The largest absolute Gasteiger partial charge is 0.467 e. The number of rotatable bonds is 4. The molecule has 3 rings (SSSR count). The van der Waals surface area contributed by atoms with Crippen molar-refractivity contribution in [2.45, 2.75) is 26.3 Å². The maximum atomic E-state index is 5.83. The van der Waals surface area contributed by atoms with E-state index < -0.39 is 0 Å². The fourth-order valence-electron chi connectivity index (χ4n) is 2.35. The number of aryl methyl sites for hydroxylation is 1. The fourth-order valence-corrected chi connectivity index (χ4v) is 2.35. The fraction of sp³-hybridized carbons (Fsp3) is 0.267. The van der Waals surface area contributed by atoms with E-state index in [1.54, 1.807) is 6.26 Å². The van der Waals surface area contributed by atoms with Gasteiger partial charge in [-0.1, -0.05) is 6.92 Å². The predicted molar refractivity (Wildman–Crippen MR) is 76.0 cm³/mol. The highest BCUT2D eigenvalue weighted by molar-refractivity contribution is 5.79. The summed E-state index contributed by atoms with van der Waals surface area (Å²) >= 11 is 0. The van der Waals surface area contributed by atoms with Gasteiger partial charge in [-0.15, -0.1) is 0 Å². The van der Waals surface area contributed by atoms with Gasteiger partial charge in [-0.2, -0.15) is 0 Å². The standard InChI is InChI=1S/C15H17N3O/c1-2-4-15-17-13-9-11(16)6-7-14(13)18(15)10-12-5-3-8-19-12/h3,5-9H,2,4,10,16H2,1H3. The maximum absolute atomic E-state index is 5.83. The molecule has 0 aliphatic carbocycles. The number of aromatic nitrogens is 2. The van der Waals surface area contributed by atoms with Crippen LogP contribution in [-0.2, 0) is 13.0 Å². The van der Waals surface area contributed by atoms with Crippen molar-refractivity contribution in [3.8, 4) is 0 Å². The molecule has 2 heterocycles. The predicted octanol–water partition coefficient (Wildman–Crippen LogP) is 3.21. The summed E-state index contributed by atoms with van der Waals surface area (Å²) in [5, 5.41) is 0. The average molecular weight is 255 g/mol. The molecule has 19 heavy (non-hydrogen) atoms. The zero-order valence-corrected chi connectivity index (χ0v) is 11.0. The van der Waals surface area contributed by atoms with E-state index in [-0.39, 0.29) is 0 Å². The monoisotopic (exact) mass is 255 g/mol. The molecule has 0 unspecified atom stereocenters. The number of imidazole rings is 1. The molecular formula is C15H17N3O. The zero-order chi connectivity index (χ0) is 13.2. The molecule has 0 amide bonds. The first-order chi connectivity index (χ1) is 9.28. The number of benzene rings is 1. The van der Waals surface area contributed by atoms with Crippen LogP contribution in [0.5, 0.6) is 0 Å². The summed E-state index contributed by atoms with van der Waals surface area (Å²) < 4.78 is 7.64. The molecule has 0 spiro atoms. The Kier molecular flexibility index (Phi) is 2.99. The van der Waals surface area contributed by atoms with Crippen LogP contribution in [0.25, 0.3) is 11.0 Å². The first kappa shape index (κ1) is 11.8. The van der Waals surface area contributed by atoms with E-state index in [2.05, 4.69) is 16.5 Å². The highest BCUT2D eigenvalue weighted by Gasteiger charge is 2.11. The van der Waals surface area contributed by atoms with Crippen molar-refractivity contribution >= 4 is 16.7 Å². The lowest BCUT2D eigenvalue weighted by atomic mass is 10.3. The van der Waals surface area contributed by atoms with Crippen molar-refractivity contribution in [3.63, 3.8) is 0 Å². The highest BCUT2D eigenvalue weighted by Crippen LogP contribution is 2.21. The average Bonchev–Trinajstić information content (AvgIpc) is 2.99. The van der Waals surface area contributed by atoms with Gasteiger partial charge in [0.15, 0.2) is 0 Å². The number of nitrogen functional groups attached to an aromatic ring is 1. The summed E-state index contributed by atoms with van der Waals surface area (Å²) in [6.45, 7) is 2.87. The topological polar surface area (TPSA) is 57.0 Å². The van der Waals surface area contributed by atoms with Crippen molar-refractivity contribution in [3.05, 3.63) is 48.2 Å². The van der Waals surface area contributed by atoms with E-state index in [0.717, 1.165) is 41.1 Å². The number of anilines is 1. The minimum atomic E-state index is 0.711. The van der Waals surface area contributed by atoms with Gasteiger partial charge in [0.25, 0.3) is 0 Å². The smallest absolute Gasteiger partial charge is 0.123 e. The third-order valence-electron chi connectivity index (χ3n) is 3.22. The van der Waals surface area contributed by atoms with Gasteiger partial charge in [-0.25, -0.2) is 4.98 Å². The van der Waals surface area contributed by atoms with E-state index in [1.165, 1.54) is 0 Å². The summed E-state index contributed by atoms with van der Waals surface area (Å²) in [5.74, 6) is 2.02. The van der Waals surface area contributed by atoms with Gasteiger partial charge in [-0.3, -0.25) is 0 Å². The first-order valence-electron chi connectivity index (χ1n) is 6.55. The van der Waals surface area contributed by atoms with Gasteiger partial charge in [0.1, 0.15) is 11.6 Å². The van der Waals surface area contributed by atoms with E-state index >= 15 is 0 Å². The molecule has 4 heteroatoms. The summed E-state index contributed by atoms with van der Waals surface area (Å²) in [7, 11) is 0. The van der Waals surface area contributed by atoms with Crippen LogP contribution in [-0.4, -0.2) is 9.55 Å². The van der Waals surface area contributed by atoms with Crippen molar-refractivity contribution in [2.24, 2.45) is 0 Å². The lowest BCUT2D eigenvalue weighted by Crippen LogP contribution is -2.04. The zero-order valence-electron chi connectivity index (χ0n) is 11.0. The molecule has 3 aromatic rings. The van der Waals surface area contributed by atoms with E-state index in [1.807, 2.05) is 30.3 Å². The molecule has 0 fully saturated rings. The quantitative estimate of drug-likeness (QED) is 0.728. The van der Waals surface area contributed by atoms with Crippen LogP contribution in [0.15, 0.2) is 41.0 Å². The van der Waals surface area contributed by atoms with Gasteiger partial charge < -0.3 is 14.7 Å². The molecule has 0 atom stereocenters. The number of hydrogen-bond acceptors (Lipinski definition) is 3. The van der Waals surface area contributed by atoms with Gasteiger partial charge in [-0.05, 0) is 36.8 Å². The summed E-state index contributed by atoms with van der Waals surface area (Å²) in [6.07, 6.45) is 3.72. The maximum Gasteiger partial charge on any atom is 0.123 e. The second kappa shape index (κ2) is 4.80. The highest BCUT2D eigenvalue weighted by atomic mass is 16.3. The molecule has 0 aliphatic heterocycles. The number of nitrogens with two attached hydrogens (primary N) is 1. The van der Waals surface area contributed by atoms with Crippen molar-refractivity contribution in [2.75, 3.05) is 5.73 Å². The second-order valence-corrected chi connectivity index (χ2v) is 4.69. The Morgan fingerprint density at radius 2 is 2.21 bits per heavy atom. The van der Waals surface area contributed by atoms with Crippen LogP contribution in [0.2, 0.25) is 0 Å². The number of hydrogen-bond donors (Lipinski definition) is 1. The molecular weight excluding hydrogens is 238 g/mol. The molecule has 0 radical (unpaired) electrons. The van der Waals surface area contributed by atoms with E-state index in [9.17, 15) is 0 Å². The molecule has 4 nitrogen and oxygen atoms in total. The van der Waals surface area contributed by atoms with Crippen molar-refractivity contribution in [1.82, 2.24) is 9.55 Å². The Morgan fingerprint density at radius 3 is 2.95 bits per heavy atom. The Balaban J connectivity index is 2.10. The van der Waals surface area contributed by atoms with Crippen LogP contribution in [0.1, 0.15) is 24.9 Å². The third-order valence-corrected chi connectivity index (χ3v) is 3.22. The summed E-state index contributed by atoms with van der Waals surface area (Å²) in [4.78, 5) is 4.69. The Labute approximate surface area is 111 Å². The van der Waals surface area contributed by atoms with Gasteiger partial charge in [0.05, 0.1) is 23.8 Å². The van der Waals surface area contributed by atoms with E-state index in [0.29, 0.717) is 6.54 Å². The van der Waals surface area contributed by atoms with Crippen LogP contribution >= 0.6 is 0 Å². The number of furan rings is 1. The van der Waals surface area contributed by atoms with E-state index in [4.69, 9.17) is 10.2 Å². The van der Waals surface area contributed by atoms with Crippen LogP contribution in [0, 0.1) is 0 Å². The summed E-state index contributed by atoms with van der Waals surface area (Å²) in [6, 6.07) is 9.76.